The number of hydrogen-bond donors (Lipinski definition) is 0. The molecule has 1 amide bonds. The van der Waals surface area contributed by atoms with Crippen molar-refractivity contribution in [3.8, 4) is 6.07 Å². The van der Waals surface area contributed by atoms with Crippen LogP contribution in [-0.4, -0.2) is 12.5 Å². The van der Waals surface area contributed by atoms with Gasteiger partial charge in [-0.25, -0.2) is 0 Å². The lowest BCUT2D eigenvalue weighted by Gasteiger charge is -2.15. The van der Waals surface area contributed by atoms with Crippen molar-refractivity contribution >= 4 is 27.5 Å². The second-order valence-corrected chi connectivity index (χ2v) is 4.43. The summed E-state index contributed by atoms with van der Waals surface area (Å²) in [6.07, 6.45) is 0.340. The summed E-state index contributed by atoms with van der Waals surface area (Å²) < 4.78 is 0.981. The van der Waals surface area contributed by atoms with Crippen LogP contribution in [0.5, 0.6) is 0 Å². The van der Waals surface area contributed by atoms with E-state index >= 15 is 0 Å². The average Bonchev–Trinajstić information content (AvgIpc) is 2.61. The van der Waals surface area contributed by atoms with E-state index in [2.05, 4.69) is 22.0 Å². The summed E-state index contributed by atoms with van der Waals surface area (Å²) in [5.41, 5.74) is 0.862. The lowest BCUT2D eigenvalue weighted by atomic mass is 10.1. The third-order valence-corrected chi connectivity index (χ3v) is 2.97. The Bertz CT molecular complexity index is 421. The van der Waals surface area contributed by atoms with Crippen molar-refractivity contribution in [1.82, 2.24) is 0 Å². The molecule has 1 aliphatic rings. The van der Waals surface area contributed by atoms with E-state index in [-0.39, 0.29) is 11.8 Å². The van der Waals surface area contributed by atoms with Gasteiger partial charge in [0.05, 0.1) is 12.0 Å². The van der Waals surface area contributed by atoms with Crippen LogP contribution in [0.25, 0.3) is 0 Å². The quantitative estimate of drug-likeness (QED) is 0.782. The highest BCUT2D eigenvalue weighted by Gasteiger charge is 2.30. The highest BCUT2D eigenvalue weighted by Crippen LogP contribution is 2.25. The predicted octanol–water partition coefficient (Wildman–Crippen LogP) is 2.33. The van der Waals surface area contributed by atoms with Crippen LogP contribution in [0.15, 0.2) is 28.7 Å². The Balaban J connectivity index is 2.22. The van der Waals surface area contributed by atoms with Gasteiger partial charge in [-0.1, -0.05) is 15.9 Å². The molecule has 0 aliphatic carbocycles. The van der Waals surface area contributed by atoms with Gasteiger partial charge in [0.1, 0.15) is 0 Å². The summed E-state index contributed by atoms with van der Waals surface area (Å²) in [5.74, 6) is -0.134. The van der Waals surface area contributed by atoms with Crippen LogP contribution in [0, 0.1) is 17.2 Å². The first-order valence-corrected chi connectivity index (χ1v) is 5.45. The van der Waals surface area contributed by atoms with E-state index in [1.165, 1.54) is 0 Å². The largest absolute Gasteiger partial charge is 0.311 e. The monoisotopic (exact) mass is 264 g/mol. The van der Waals surface area contributed by atoms with Crippen LogP contribution in [0.2, 0.25) is 0 Å². The van der Waals surface area contributed by atoms with Crippen LogP contribution in [-0.2, 0) is 4.79 Å². The van der Waals surface area contributed by atoms with Gasteiger partial charge in [0.2, 0.25) is 5.91 Å². The topological polar surface area (TPSA) is 44.1 Å². The van der Waals surface area contributed by atoms with Gasteiger partial charge in [0.15, 0.2) is 0 Å². The van der Waals surface area contributed by atoms with Crippen LogP contribution >= 0.6 is 15.9 Å². The molecule has 3 nitrogen and oxygen atoms in total. The summed E-state index contributed by atoms with van der Waals surface area (Å²) in [7, 11) is 0. The molecule has 1 heterocycles. The number of carbonyl (C=O) groups is 1. The van der Waals surface area contributed by atoms with Gasteiger partial charge in [0, 0.05) is 23.1 Å². The Hall–Kier alpha value is -1.34. The van der Waals surface area contributed by atoms with Gasteiger partial charge in [-0.3, -0.25) is 4.79 Å². The number of hydrogen-bond acceptors (Lipinski definition) is 2. The van der Waals surface area contributed by atoms with Crippen molar-refractivity contribution in [2.24, 2.45) is 5.92 Å². The Labute approximate surface area is 96.4 Å². The number of nitriles is 1. The second-order valence-electron chi connectivity index (χ2n) is 3.51. The summed E-state index contributed by atoms with van der Waals surface area (Å²) in [4.78, 5) is 13.3. The number of halogens is 1. The molecule has 1 fully saturated rings. The maximum Gasteiger partial charge on any atom is 0.228 e. The number of amides is 1. The zero-order chi connectivity index (χ0) is 10.8. The van der Waals surface area contributed by atoms with E-state index in [4.69, 9.17) is 5.26 Å². The number of benzene rings is 1. The minimum atomic E-state index is -0.166. The van der Waals surface area contributed by atoms with Gasteiger partial charge in [-0.05, 0) is 24.3 Å². The van der Waals surface area contributed by atoms with Gasteiger partial charge in [0.25, 0.3) is 0 Å². The smallest absolute Gasteiger partial charge is 0.228 e. The first kappa shape index (κ1) is 10.2. The van der Waals surface area contributed by atoms with E-state index < -0.39 is 0 Å². The minimum absolute atomic E-state index is 0.0314. The van der Waals surface area contributed by atoms with E-state index in [0.717, 1.165) is 10.2 Å². The standard InChI is InChI=1S/C11H9BrN2O/c12-9-1-3-10(4-2-9)14-7-8(6-13)5-11(14)15/h1-4,8H,5,7H2/t8-/m1/s1. The van der Waals surface area contributed by atoms with Crippen LogP contribution < -0.4 is 4.90 Å². The molecule has 1 aromatic carbocycles. The zero-order valence-corrected chi connectivity index (χ0v) is 9.57. The van der Waals surface area contributed by atoms with E-state index in [1.54, 1.807) is 4.90 Å². The van der Waals surface area contributed by atoms with Gasteiger partial charge in [-0.2, -0.15) is 5.26 Å². The van der Waals surface area contributed by atoms with Gasteiger partial charge in [-0.15, -0.1) is 0 Å². The molecule has 0 N–H and O–H groups in total. The Morgan fingerprint density at radius 1 is 1.40 bits per heavy atom. The lowest BCUT2D eigenvalue weighted by Crippen LogP contribution is -2.24. The molecular formula is C11H9BrN2O. The third-order valence-electron chi connectivity index (χ3n) is 2.45. The Morgan fingerprint density at radius 2 is 2.07 bits per heavy atom. The third kappa shape index (κ3) is 2.02. The molecule has 0 bridgehead atoms. The lowest BCUT2D eigenvalue weighted by molar-refractivity contribution is -0.117. The number of rotatable bonds is 1. The first-order chi connectivity index (χ1) is 7.20. The molecule has 0 spiro atoms. The van der Waals surface area contributed by atoms with Crippen LogP contribution in [0.3, 0.4) is 0 Å². The summed E-state index contributed by atoms with van der Waals surface area (Å²) in [6.45, 7) is 0.511. The molecule has 76 valence electrons. The van der Waals surface area contributed by atoms with Crippen molar-refractivity contribution in [3.63, 3.8) is 0 Å². The molecule has 4 heteroatoms. The molecule has 1 aromatic rings. The molecule has 0 unspecified atom stereocenters. The molecule has 2 rings (SSSR count). The molecule has 0 saturated carbocycles. The molecule has 15 heavy (non-hydrogen) atoms. The maximum atomic E-state index is 11.6. The zero-order valence-electron chi connectivity index (χ0n) is 7.98. The van der Waals surface area contributed by atoms with E-state index in [1.807, 2.05) is 24.3 Å². The summed E-state index contributed by atoms with van der Waals surface area (Å²) in [6, 6.07) is 9.67. The number of carbonyl (C=O) groups excluding carboxylic acids is 1. The summed E-state index contributed by atoms with van der Waals surface area (Å²) >= 11 is 3.34. The number of anilines is 1. The number of nitrogens with zero attached hydrogens (tertiary/aromatic N) is 2. The minimum Gasteiger partial charge on any atom is -0.311 e. The SMILES string of the molecule is N#C[C@H]1CC(=O)N(c2ccc(Br)cc2)C1. The van der Waals surface area contributed by atoms with Crippen molar-refractivity contribution in [3.05, 3.63) is 28.7 Å². The Kier molecular flexibility index (Phi) is 2.74. The van der Waals surface area contributed by atoms with Crippen LogP contribution in [0.4, 0.5) is 5.69 Å². The first-order valence-electron chi connectivity index (χ1n) is 4.66. The highest BCUT2D eigenvalue weighted by atomic mass is 79.9. The summed E-state index contributed by atoms with van der Waals surface area (Å²) in [5, 5.41) is 8.76. The molecule has 1 atom stereocenters. The van der Waals surface area contributed by atoms with Crippen molar-refractivity contribution < 1.29 is 4.79 Å². The molecule has 0 aromatic heterocycles. The van der Waals surface area contributed by atoms with E-state index in [0.29, 0.717) is 13.0 Å². The second kappa shape index (κ2) is 4.03. The normalized spacial score (nSPS) is 20.4. The molecule has 1 saturated heterocycles. The van der Waals surface area contributed by atoms with Gasteiger partial charge < -0.3 is 4.90 Å². The van der Waals surface area contributed by atoms with Crippen LogP contribution in [0.1, 0.15) is 6.42 Å². The van der Waals surface area contributed by atoms with Crippen molar-refractivity contribution in [2.75, 3.05) is 11.4 Å². The van der Waals surface area contributed by atoms with Gasteiger partial charge >= 0.3 is 0 Å². The Morgan fingerprint density at radius 3 is 2.60 bits per heavy atom. The molecule has 1 aliphatic heterocycles. The highest BCUT2D eigenvalue weighted by molar-refractivity contribution is 9.10. The fraction of sp³-hybridized carbons (Fsp3) is 0.273. The fourth-order valence-electron chi connectivity index (χ4n) is 1.66. The van der Waals surface area contributed by atoms with Crippen molar-refractivity contribution in [2.45, 2.75) is 6.42 Å². The fourth-order valence-corrected chi connectivity index (χ4v) is 1.93. The predicted molar refractivity (Wildman–Crippen MR) is 60.2 cm³/mol. The average molecular weight is 265 g/mol. The maximum absolute atomic E-state index is 11.6. The molecular weight excluding hydrogens is 256 g/mol. The molecule has 0 radical (unpaired) electrons. The van der Waals surface area contributed by atoms with Crippen molar-refractivity contribution in [1.29, 1.82) is 5.26 Å². The van der Waals surface area contributed by atoms with E-state index in [9.17, 15) is 4.79 Å².